The van der Waals surface area contributed by atoms with Crippen molar-refractivity contribution in [2.75, 3.05) is 5.75 Å². The van der Waals surface area contributed by atoms with E-state index in [0.717, 1.165) is 6.07 Å². The largest absolute Gasteiger partial charge is 0.261 e. The first kappa shape index (κ1) is 18.4. The second-order valence-corrected chi connectivity index (χ2v) is 8.18. The first-order valence-corrected chi connectivity index (χ1v) is 9.13. The predicted octanol–water partition coefficient (Wildman–Crippen LogP) is 3.67. The van der Waals surface area contributed by atoms with E-state index in [2.05, 4.69) is 20.7 Å². The summed E-state index contributed by atoms with van der Waals surface area (Å²) < 4.78 is 56.6. The molecule has 3 atom stereocenters. The zero-order chi connectivity index (χ0) is 17.4. The second kappa shape index (κ2) is 6.54. The van der Waals surface area contributed by atoms with Crippen LogP contribution in [0.2, 0.25) is 0 Å². The van der Waals surface area contributed by atoms with E-state index in [-0.39, 0.29) is 21.7 Å². The SMILES string of the molecule is CC(C)C[S@@](=O)N[C@@H](C#N)[C@]1(c2ccc(Br)c(F)c2)CC1(F)F. The Morgan fingerprint density at radius 3 is 2.52 bits per heavy atom. The standard InChI is InChI=1S/C15H16BrF3N2OS/c1-9(2)7-23(22)21-13(6-20)14(8-15(14,18)19)10-3-4-11(16)12(17)5-10/h3-5,9,13,21H,7-8H2,1-2H3/t13-,14+,23+/m0/s1. The van der Waals surface area contributed by atoms with Crippen LogP contribution >= 0.6 is 15.9 Å². The van der Waals surface area contributed by atoms with Crippen molar-refractivity contribution < 1.29 is 17.4 Å². The molecule has 0 heterocycles. The van der Waals surface area contributed by atoms with Crippen molar-refractivity contribution in [2.45, 2.75) is 37.6 Å². The molecule has 1 fully saturated rings. The van der Waals surface area contributed by atoms with E-state index in [1.165, 1.54) is 12.1 Å². The smallest absolute Gasteiger partial charge is 0.243 e. The highest BCUT2D eigenvalue weighted by atomic mass is 79.9. The van der Waals surface area contributed by atoms with Crippen molar-refractivity contribution in [3.63, 3.8) is 0 Å². The Kier molecular flexibility index (Phi) is 5.24. The Bertz CT molecular complexity index is 677. The highest BCUT2D eigenvalue weighted by Gasteiger charge is 2.76. The summed E-state index contributed by atoms with van der Waals surface area (Å²) in [6.45, 7) is 3.68. The molecule has 1 saturated carbocycles. The van der Waals surface area contributed by atoms with E-state index in [1.54, 1.807) is 6.07 Å². The molecule has 0 aliphatic heterocycles. The summed E-state index contributed by atoms with van der Waals surface area (Å²) >= 11 is 2.97. The lowest BCUT2D eigenvalue weighted by Gasteiger charge is -2.23. The molecular weight excluding hydrogens is 393 g/mol. The Morgan fingerprint density at radius 1 is 1.48 bits per heavy atom. The quantitative estimate of drug-likeness (QED) is 0.780. The van der Waals surface area contributed by atoms with Crippen molar-refractivity contribution in [3.05, 3.63) is 34.1 Å². The van der Waals surface area contributed by atoms with Gasteiger partial charge in [0.05, 0.1) is 26.9 Å². The average molecular weight is 409 g/mol. The van der Waals surface area contributed by atoms with Crippen molar-refractivity contribution >= 4 is 26.9 Å². The molecule has 1 aliphatic carbocycles. The van der Waals surface area contributed by atoms with Gasteiger partial charge >= 0.3 is 0 Å². The number of nitrogens with one attached hydrogen (secondary N) is 1. The monoisotopic (exact) mass is 408 g/mol. The maximum Gasteiger partial charge on any atom is 0.261 e. The van der Waals surface area contributed by atoms with Crippen LogP contribution in [0.3, 0.4) is 0 Å². The van der Waals surface area contributed by atoms with E-state index in [9.17, 15) is 22.6 Å². The summed E-state index contributed by atoms with van der Waals surface area (Å²) in [5.74, 6) is -3.50. The topological polar surface area (TPSA) is 52.9 Å². The molecule has 0 bridgehead atoms. The van der Waals surface area contributed by atoms with Gasteiger partial charge in [0, 0.05) is 12.2 Å². The first-order valence-electron chi connectivity index (χ1n) is 7.01. The van der Waals surface area contributed by atoms with E-state index in [0.29, 0.717) is 0 Å². The molecule has 0 spiro atoms. The van der Waals surface area contributed by atoms with Crippen LogP contribution in [0, 0.1) is 23.1 Å². The molecule has 1 aromatic rings. The maximum absolute atomic E-state index is 14.1. The second-order valence-electron chi connectivity index (χ2n) is 6.07. The molecule has 0 saturated heterocycles. The fourth-order valence-electron chi connectivity index (χ4n) is 2.59. The van der Waals surface area contributed by atoms with Gasteiger partial charge in [-0.25, -0.2) is 22.1 Å². The van der Waals surface area contributed by atoms with Gasteiger partial charge in [0.2, 0.25) is 0 Å². The Labute approximate surface area is 144 Å². The van der Waals surface area contributed by atoms with Gasteiger partial charge in [-0.1, -0.05) is 19.9 Å². The lowest BCUT2D eigenvalue weighted by molar-refractivity contribution is 0.0836. The summed E-state index contributed by atoms with van der Waals surface area (Å²) in [6.07, 6.45) is -0.578. The molecule has 3 nitrogen and oxygen atoms in total. The molecule has 0 amide bonds. The number of benzene rings is 1. The average Bonchev–Trinajstić information content (AvgIpc) is 3.02. The van der Waals surface area contributed by atoms with Crippen LogP contribution in [0.5, 0.6) is 0 Å². The molecular formula is C15H16BrF3N2OS. The fraction of sp³-hybridized carbons (Fsp3) is 0.533. The minimum Gasteiger partial charge on any atom is -0.243 e. The number of alkyl halides is 2. The van der Waals surface area contributed by atoms with Gasteiger partial charge < -0.3 is 0 Å². The molecule has 1 aliphatic rings. The van der Waals surface area contributed by atoms with E-state index < -0.39 is 40.6 Å². The van der Waals surface area contributed by atoms with Crippen LogP contribution in [0.15, 0.2) is 22.7 Å². The van der Waals surface area contributed by atoms with Gasteiger partial charge in [-0.3, -0.25) is 0 Å². The zero-order valence-corrected chi connectivity index (χ0v) is 15.0. The van der Waals surface area contributed by atoms with E-state index in [4.69, 9.17) is 0 Å². The normalized spacial score (nSPS) is 25.0. The summed E-state index contributed by atoms with van der Waals surface area (Å²) in [5.41, 5.74) is -1.82. The number of rotatable bonds is 6. The minimum atomic E-state index is -3.15. The number of hydrogen-bond donors (Lipinski definition) is 1. The molecule has 126 valence electrons. The summed E-state index contributed by atoms with van der Waals surface area (Å²) in [4.78, 5) is 0. The molecule has 0 aromatic heterocycles. The van der Waals surface area contributed by atoms with Gasteiger partial charge in [-0.05, 0) is 39.5 Å². The van der Waals surface area contributed by atoms with Crippen molar-refractivity contribution in [2.24, 2.45) is 5.92 Å². The van der Waals surface area contributed by atoms with E-state index >= 15 is 0 Å². The molecule has 8 heteroatoms. The van der Waals surface area contributed by atoms with Gasteiger partial charge in [0.25, 0.3) is 5.92 Å². The van der Waals surface area contributed by atoms with Crippen LogP contribution in [-0.4, -0.2) is 21.9 Å². The number of hydrogen-bond acceptors (Lipinski definition) is 2. The van der Waals surface area contributed by atoms with Crippen molar-refractivity contribution in [1.29, 1.82) is 5.26 Å². The van der Waals surface area contributed by atoms with Crippen molar-refractivity contribution in [1.82, 2.24) is 4.72 Å². The highest BCUT2D eigenvalue weighted by Crippen LogP contribution is 2.63. The Balaban J connectivity index is 2.35. The number of nitrogens with zero attached hydrogens (tertiary/aromatic N) is 1. The lowest BCUT2D eigenvalue weighted by atomic mass is 9.88. The third-order valence-electron chi connectivity index (χ3n) is 3.82. The Hall–Kier alpha value is -0.910. The van der Waals surface area contributed by atoms with Gasteiger partial charge in [0.1, 0.15) is 11.9 Å². The van der Waals surface area contributed by atoms with E-state index in [1.807, 2.05) is 13.8 Å². The summed E-state index contributed by atoms with van der Waals surface area (Å²) in [5, 5.41) is 9.32. The van der Waals surface area contributed by atoms with Crippen LogP contribution in [0.25, 0.3) is 0 Å². The van der Waals surface area contributed by atoms with Crippen molar-refractivity contribution in [3.8, 4) is 6.07 Å². The summed E-state index contributed by atoms with van der Waals surface area (Å²) in [6, 6.07) is 4.12. The van der Waals surface area contributed by atoms with Gasteiger partial charge in [-0.15, -0.1) is 0 Å². The van der Waals surface area contributed by atoms with Crippen LogP contribution in [-0.2, 0) is 16.4 Å². The molecule has 1 aromatic carbocycles. The molecule has 2 rings (SSSR count). The molecule has 23 heavy (non-hydrogen) atoms. The predicted molar refractivity (Wildman–Crippen MR) is 85.7 cm³/mol. The third kappa shape index (κ3) is 3.47. The van der Waals surface area contributed by atoms with Crippen LogP contribution < -0.4 is 4.72 Å². The maximum atomic E-state index is 14.1. The zero-order valence-electron chi connectivity index (χ0n) is 12.6. The van der Waals surface area contributed by atoms with Gasteiger partial charge in [-0.2, -0.15) is 5.26 Å². The van der Waals surface area contributed by atoms with Crippen LogP contribution in [0.1, 0.15) is 25.8 Å². The lowest BCUT2D eigenvalue weighted by Crippen LogP contribution is -2.44. The minimum absolute atomic E-state index is 0.0313. The highest BCUT2D eigenvalue weighted by molar-refractivity contribution is 9.10. The fourth-order valence-corrected chi connectivity index (χ4v) is 4.06. The van der Waals surface area contributed by atoms with Crippen LogP contribution in [0.4, 0.5) is 13.2 Å². The number of nitriles is 1. The summed E-state index contributed by atoms with van der Waals surface area (Å²) in [7, 11) is -1.61. The molecule has 1 N–H and O–H groups in total. The third-order valence-corrected chi connectivity index (χ3v) is 5.93. The molecule has 0 radical (unpaired) electrons. The number of halogens is 4. The first-order chi connectivity index (χ1) is 10.6. The Morgan fingerprint density at radius 2 is 2.09 bits per heavy atom. The molecule has 0 unspecified atom stereocenters. The van der Waals surface area contributed by atoms with Gasteiger partial charge in [0.15, 0.2) is 0 Å².